The highest BCUT2D eigenvalue weighted by Crippen LogP contribution is 2.18. The third-order valence-electron chi connectivity index (χ3n) is 2.98. The van der Waals surface area contributed by atoms with Crippen molar-refractivity contribution in [3.05, 3.63) is 58.3 Å². The van der Waals surface area contributed by atoms with Crippen molar-refractivity contribution in [1.82, 2.24) is 9.88 Å². The minimum atomic E-state index is -0.0992. The van der Waals surface area contributed by atoms with E-state index >= 15 is 0 Å². The molecule has 104 valence electrons. The standard InChI is InChI=1S/C15H16BrN3O/c1-17-12-7-8-18-14(9-12)15(20)19(2)10-11-5-3-4-6-13(11)16/h3-9H,10H2,1-2H3,(H,17,18). The Bertz CT molecular complexity index is 616. The zero-order valence-corrected chi connectivity index (χ0v) is 13.0. The largest absolute Gasteiger partial charge is 0.388 e. The van der Waals surface area contributed by atoms with Crippen LogP contribution >= 0.6 is 15.9 Å². The number of hydrogen-bond acceptors (Lipinski definition) is 3. The third kappa shape index (κ3) is 3.36. The molecular formula is C15H16BrN3O. The van der Waals surface area contributed by atoms with Gasteiger partial charge in [0.2, 0.25) is 0 Å². The number of anilines is 1. The fourth-order valence-corrected chi connectivity index (χ4v) is 2.26. The van der Waals surface area contributed by atoms with Gasteiger partial charge in [-0.1, -0.05) is 34.1 Å². The molecule has 2 aromatic rings. The average Bonchev–Trinajstić information content (AvgIpc) is 2.48. The first-order chi connectivity index (χ1) is 9.61. The maximum Gasteiger partial charge on any atom is 0.272 e. The molecule has 1 N–H and O–H groups in total. The van der Waals surface area contributed by atoms with Gasteiger partial charge in [-0.15, -0.1) is 0 Å². The van der Waals surface area contributed by atoms with Crippen LogP contribution in [0.1, 0.15) is 16.1 Å². The number of halogens is 1. The number of nitrogens with zero attached hydrogens (tertiary/aromatic N) is 2. The van der Waals surface area contributed by atoms with E-state index in [0.29, 0.717) is 12.2 Å². The summed E-state index contributed by atoms with van der Waals surface area (Å²) in [6.07, 6.45) is 1.63. The number of benzene rings is 1. The summed E-state index contributed by atoms with van der Waals surface area (Å²) in [4.78, 5) is 18.1. The summed E-state index contributed by atoms with van der Waals surface area (Å²) in [7, 11) is 3.59. The maximum atomic E-state index is 12.3. The van der Waals surface area contributed by atoms with Gasteiger partial charge in [0.05, 0.1) is 0 Å². The van der Waals surface area contributed by atoms with Crippen molar-refractivity contribution < 1.29 is 4.79 Å². The van der Waals surface area contributed by atoms with E-state index in [0.717, 1.165) is 15.7 Å². The average molecular weight is 334 g/mol. The molecule has 0 saturated carbocycles. The molecule has 5 heteroatoms. The molecule has 20 heavy (non-hydrogen) atoms. The molecule has 1 heterocycles. The number of carbonyl (C=O) groups is 1. The Morgan fingerprint density at radius 2 is 2.10 bits per heavy atom. The zero-order chi connectivity index (χ0) is 14.5. The predicted octanol–water partition coefficient (Wildman–Crippen LogP) is 3.16. The monoisotopic (exact) mass is 333 g/mol. The minimum absolute atomic E-state index is 0.0992. The normalized spacial score (nSPS) is 10.2. The van der Waals surface area contributed by atoms with Crippen LogP contribution in [0.2, 0.25) is 0 Å². The van der Waals surface area contributed by atoms with Gasteiger partial charge < -0.3 is 10.2 Å². The van der Waals surface area contributed by atoms with Crippen LogP contribution in [0, 0.1) is 0 Å². The van der Waals surface area contributed by atoms with Crippen LogP contribution < -0.4 is 5.32 Å². The van der Waals surface area contributed by atoms with E-state index in [9.17, 15) is 4.79 Å². The molecule has 0 bridgehead atoms. The van der Waals surface area contributed by atoms with E-state index in [4.69, 9.17) is 0 Å². The van der Waals surface area contributed by atoms with Crippen LogP contribution in [-0.2, 0) is 6.54 Å². The Labute approximate surface area is 127 Å². The number of rotatable bonds is 4. The fraction of sp³-hybridized carbons (Fsp3) is 0.200. The SMILES string of the molecule is CNc1ccnc(C(=O)N(C)Cc2ccccc2Br)c1. The molecule has 0 saturated heterocycles. The molecule has 0 unspecified atom stereocenters. The first-order valence-corrected chi connectivity index (χ1v) is 7.04. The second-order valence-corrected chi connectivity index (χ2v) is 5.29. The van der Waals surface area contributed by atoms with Gasteiger partial charge in [0, 0.05) is 37.0 Å². The highest BCUT2D eigenvalue weighted by atomic mass is 79.9. The molecule has 0 fully saturated rings. The Hall–Kier alpha value is -1.88. The predicted molar refractivity (Wildman–Crippen MR) is 83.7 cm³/mol. The van der Waals surface area contributed by atoms with Crippen molar-refractivity contribution in [2.75, 3.05) is 19.4 Å². The zero-order valence-electron chi connectivity index (χ0n) is 11.4. The fourth-order valence-electron chi connectivity index (χ4n) is 1.85. The van der Waals surface area contributed by atoms with Gasteiger partial charge in [-0.05, 0) is 23.8 Å². The van der Waals surface area contributed by atoms with Crippen LogP contribution in [0.4, 0.5) is 5.69 Å². The van der Waals surface area contributed by atoms with Gasteiger partial charge in [0.15, 0.2) is 0 Å². The number of carbonyl (C=O) groups excluding carboxylic acids is 1. The van der Waals surface area contributed by atoms with Crippen LogP contribution in [0.15, 0.2) is 47.1 Å². The smallest absolute Gasteiger partial charge is 0.272 e. The Morgan fingerprint density at radius 1 is 1.35 bits per heavy atom. The summed E-state index contributed by atoms with van der Waals surface area (Å²) >= 11 is 3.49. The molecule has 2 rings (SSSR count). The first kappa shape index (κ1) is 14.5. The summed E-state index contributed by atoms with van der Waals surface area (Å²) < 4.78 is 0.997. The van der Waals surface area contributed by atoms with Gasteiger partial charge in [0.1, 0.15) is 5.69 Å². The lowest BCUT2D eigenvalue weighted by atomic mass is 10.2. The van der Waals surface area contributed by atoms with Crippen molar-refractivity contribution >= 4 is 27.5 Å². The van der Waals surface area contributed by atoms with Crippen LogP contribution in [0.25, 0.3) is 0 Å². The molecule has 0 spiro atoms. The van der Waals surface area contributed by atoms with Gasteiger partial charge in [0.25, 0.3) is 5.91 Å². The molecule has 0 radical (unpaired) electrons. The van der Waals surface area contributed by atoms with Crippen molar-refractivity contribution in [3.8, 4) is 0 Å². The topological polar surface area (TPSA) is 45.2 Å². The molecule has 1 amide bonds. The molecule has 0 aliphatic carbocycles. The van der Waals surface area contributed by atoms with E-state index in [-0.39, 0.29) is 5.91 Å². The second kappa shape index (κ2) is 6.52. The summed E-state index contributed by atoms with van der Waals surface area (Å²) in [6.45, 7) is 0.533. The Kier molecular flexibility index (Phi) is 4.74. The van der Waals surface area contributed by atoms with Crippen LogP contribution in [0.3, 0.4) is 0 Å². The Morgan fingerprint density at radius 3 is 2.80 bits per heavy atom. The lowest BCUT2D eigenvalue weighted by Gasteiger charge is -2.18. The molecule has 1 aromatic carbocycles. The van der Waals surface area contributed by atoms with E-state index < -0.39 is 0 Å². The summed E-state index contributed by atoms with van der Waals surface area (Å²) in [5.74, 6) is -0.0992. The first-order valence-electron chi connectivity index (χ1n) is 6.24. The number of hydrogen-bond donors (Lipinski definition) is 1. The van der Waals surface area contributed by atoms with Gasteiger partial charge in [-0.2, -0.15) is 0 Å². The van der Waals surface area contributed by atoms with Gasteiger partial charge >= 0.3 is 0 Å². The van der Waals surface area contributed by atoms with E-state index in [2.05, 4.69) is 26.2 Å². The van der Waals surface area contributed by atoms with Crippen molar-refractivity contribution in [1.29, 1.82) is 0 Å². The number of nitrogens with one attached hydrogen (secondary N) is 1. The maximum absolute atomic E-state index is 12.3. The summed E-state index contributed by atoms with van der Waals surface area (Å²) in [6, 6.07) is 11.4. The highest BCUT2D eigenvalue weighted by molar-refractivity contribution is 9.10. The van der Waals surface area contributed by atoms with Crippen LogP contribution in [-0.4, -0.2) is 29.9 Å². The quantitative estimate of drug-likeness (QED) is 0.934. The molecule has 4 nitrogen and oxygen atoms in total. The molecule has 0 aliphatic rings. The van der Waals surface area contributed by atoms with Crippen LogP contribution in [0.5, 0.6) is 0 Å². The number of amides is 1. The highest BCUT2D eigenvalue weighted by Gasteiger charge is 2.14. The van der Waals surface area contributed by atoms with E-state index in [1.807, 2.05) is 37.4 Å². The Balaban J connectivity index is 2.14. The number of pyridine rings is 1. The summed E-state index contributed by atoms with van der Waals surface area (Å²) in [5.41, 5.74) is 2.37. The second-order valence-electron chi connectivity index (χ2n) is 4.43. The minimum Gasteiger partial charge on any atom is -0.388 e. The van der Waals surface area contributed by atoms with E-state index in [1.165, 1.54) is 0 Å². The molecule has 1 aromatic heterocycles. The molecular weight excluding hydrogens is 318 g/mol. The van der Waals surface area contributed by atoms with Gasteiger partial charge in [-0.25, -0.2) is 0 Å². The molecule has 0 atom stereocenters. The third-order valence-corrected chi connectivity index (χ3v) is 3.75. The molecule has 0 aliphatic heterocycles. The van der Waals surface area contributed by atoms with Crippen molar-refractivity contribution in [2.24, 2.45) is 0 Å². The summed E-state index contributed by atoms with van der Waals surface area (Å²) in [5, 5.41) is 3.00. The number of aromatic nitrogens is 1. The van der Waals surface area contributed by atoms with E-state index in [1.54, 1.807) is 24.2 Å². The lowest BCUT2D eigenvalue weighted by Crippen LogP contribution is -2.27. The van der Waals surface area contributed by atoms with Gasteiger partial charge in [-0.3, -0.25) is 9.78 Å². The van der Waals surface area contributed by atoms with Crippen molar-refractivity contribution in [2.45, 2.75) is 6.54 Å². The van der Waals surface area contributed by atoms with Crippen molar-refractivity contribution in [3.63, 3.8) is 0 Å². The lowest BCUT2D eigenvalue weighted by molar-refractivity contribution is 0.0779.